The average molecular weight is 320 g/mol. The summed E-state index contributed by atoms with van der Waals surface area (Å²) in [6.45, 7) is 9.35. The third-order valence-electron chi connectivity index (χ3n) is 3.97. The predicted octanol–water partition coefficient (Wildman–Crippen LogP) is 5.02. The molecule has 1 aromatic heterocycles. The maximum atomic E-state index is 9.23. The van der Waals surface area contributed by atoms with E-state index in [1.807, 2.05) is 55.5 Å². The minimum Gasteiger partial charge on any atom is -0.257 e. The van der Waals surface area contributed by atoms with Crippen LogP contribution in [0.4, 0.5) is 5.69 Å². The normalized spacial score (nSPS) is 9.68. The van der Waals surface area contributed by atoms with Crippen LogP contribution in [0.2, 0.25) is 0 Å². The molecule has 0 aliphatic carbocycles. The van der Waals surface area contributed by atoms with Gasteiger partial charge in [-0.3, -0.25) is 4.98 Å². The highest BCUT2D eigenvalue weighted by atomic mass is 14.7. The van der Waals surface area contributed by atoms with Gasteiger partial charge in [-0.2, -0.15) is 10.5 Å². The van der Waals surface area contributed by atoms with Crippen LogP contribution in [0.5, 0.6) is 0 Å². The maximum Gasteiger partial charge on any atom is 0.197 e. The molecule has 2 aromatic carbocycles. The molecule has 0 aliphatic heterocycles. The fourth-order valence-corrected chi connectivity index (χ4v) is 2.69. The van der Waals surface area contributed by atoms with Crippen molar-refractivity contribution >= 4 is 5.69 Å². The van der Waals surface area contributed by atoms with E-state index in [1.165, 1.54) is 6.07 Å². The minimum atomic E-state index is 0.204. The first-order valence-electron chi connectivity index (χ1n) is 7.56. The summed E-state index contributed by atoms with van der Waals surface area (Å²) in [6.07, 6.45) is 1.78. The minimum absolute atomic E-state index is 0.204. The van der Waals surface area contributed by atoms with Crippen LogP contribution in [0.15, 0.2) is 54.7 Å². The molecular formula is C21H12N4. The van der Waals surface area contributed by atoms with Crippen LogP contribution in [0.25, 0.3) is 27.2 Å². The van der Waals surface area contributed by atoms with Crippen molar-refractivity contribution in [3.8, 4) is 34.5 Å². The molecule has 0 aliphatic rings. The second kappa shape index (κ2) is 6.67. The highest BCUT2D eigenvalue weighted by molar-refractivity contribution is 5.81. The highest BCUT2D eigenvalue weighted by Crippen LogP contribution is 2.34. The first-order valence-corrected chi connectivity index (χ1v) is 7.56. The molecular weight excluding hydrogens is 308 g/mol. The van der Waals surface area contributed by atoms with E-state index in [4.69, 9.17) is 11.8 Å². The van der Waals surface area contributed by atoms with E-state index >= 15 is 0 Å². The third kappa shape index (κ3) is 2.95. The topological polar surface area (TPSA) is 64.8 Å². The second-order valence-corrected chi connectivity index (χ2v) is 5.50. The Morgan fingerprint density at radius 3 is 2.24 bits per heavy atom. The molecule has 116 valence electrons. The van der Waals surface area contributed by atoms with E-state index in [9.17, 15) is 5.26 Å². The van der Waals surface area contributed by atoms with Crippen molar-refractivity contribution in [1.29, 1.82) is 10.5 Å². The van der Waals surface area contributed by atoms with Gasteiger partial charge in [-0.05, 0) is 36.2 Å². The molecule has 0 saturated heterocycles. The number of nitriles is 2. The van der Waals surface area contributed by atoms with Crippen molar-refractivity contribution in [2.75, 3.05) is 0 Å². The van der Waals surface area contributed by atoms with Gasteiger partial charge in [0.1, 0.15) is 6.07 Å². The number of benzene rings is 2. The van der Waals surface area contributed by atoms with Gasteiger partial charge in [0.05, 0.1) is 29.5 Å². The molecule has 0 bridgehead atoms. The fourth-order valence-electron chi connectivity index (χ4n) is 2.69. The highest BCUT2D eigenvalue weighted by Gasteiger charge is 2.14. The molecule has 0 fully saturated rings. The van der Waals surface area contributed by atoms with Crippen molar-refractivity contribution in [3.63, 3.8) is 0 Å². The fraction of sp³-hybridized carbons (Fsp3) is 0.0476. The Morgan fingerprint density at radius 1 is 0.960 bits per heavy atom. The van der Waals surface area contributed by atoms with Crippen LogP contribution >= 0.6 is 0 Å². The van der Waals surface area contributed by atoms with Gasteiger partial charge in [-0.1, -0.05) is 30.3 Å². The van der Waals surface area contributed by atoms with Gasteiger partial charge in [-0.15, -0.1) is 0 Å². The molecule has 3 rings (SSSR count). The Kier molecular flexibility index (Phi) is 4.25. The third-order valence-corrected chi connectivity index (χ3v) is 3.97. The molecule has 0 atom stereocenters. The lowest BCUT2D eigenvalue weighted by molar-refractivity contribution is 1.28. The van der Waals surface area contributed by atoms with Gasteiger partial charge < -0.3 is 0 Å². The Bertz CT molecular complexity index is 1080. The van der Waals surface area contributed by atoms with Crippen LogP contribution in [-0.4, -0.2) is 4.98 Å². The molecule has 0 radical (unpaired) electrons. The molecule has 0 saturated carbocycles. The van der Waals surface area contributed by atoms with Crippen molar-refractivity contribution in [2.45, 2.75) is 6.92 Å². The summed E-state index contributed by atoms with van der Waals surface area (Å²) in [6, 6.07) is 18.8. The van der Waals surface area contributed by atoms with E-state index in [0.29, 0.717) is 16.9 Å². The Morgan fingerprint density at radius 2 is 1.64 bits per heavy atom. The summed E-state index contributed by atoms with van der Waals surface area (Å²) >= 11 is 0. The Hall–Kier alpha value is -3.94. The van der Waals surface area contributed by atoms with Gasteiger partial charge in [0, 0.05) is 17.3 Å². The molecule has 4 nitrogen and oxygen atoms in total. The van der Waals surface area contributed by atoms with Crippen molar-refractivity contribution in [2.24, 2.45) is 0 Å². The number of nitrogens with zero attached hydrogens (tertiary/aromatic N) is 4. The summed E-state index contributed by atoms with van der Waals surface area (Å²) < 4.78 is 0. The van der Waals surface area contributed by atoms with E-state index in [0.717, 1.165) is 16.7 Å². The summed E-state index contributed by atoms with van der Waals surface area (Å²) in [4.78, 5) is 7.98. The molecule has 0 unspecified atom stereocenters. The lowest BCUT2D eigenvalue weighted by Crippen LogP contribution is -1.92. The standard InChI is InChI=1S/C21H12N4/c1-14-8-21(25-13-19(14)15-6-4-3-5-7-15)18-9-16(11-22)17(12-23)10-20(18)24-2/h3-10,13H,1H3. The number of aryl methyl sites for hydroxylation is 1. The van der Waals surface area contributed by atoms with Gasteiger partial charge in [0.25, 0.3) is 0 Å². The zero-order chi connectivity index (χ0) is 17.8. The van der Waals surface area contributed by atoms with E-state index in [-0.39, 0.29) is 11.1 Å². The van der Waals surface area contributed by atoms with Gasteiger partial charge in [0.2, 0.25) is 0 Å². The van der Waals surface area contributed by atoms with Crippen LogP contribution < -0.4 is 0 Å². The van der Waals surface area contributed by atoms with Gasteiger partial charge in [0.15, 0.2) is 5.69 Å². The number of rotatable bonds is 2. The quantitative estimate of drug-likeness (QED) is 0.623. The van der Waals surface area contributed by atoms with Crippen LogP contribution in [0, 0.1) is 36.2 Å². The SMILES string of the molecule is [C-]#[N+]c1cc(C#N)c(C#N)cc1-c1cc(C)c(-c2ccccc2)cn1. The first kappa shape index (κ1) is 15.9. The average Bonchev–Trinajstić information content (AvgIpc) is 2.67. The van der Waals surface area contributed by atoms with Crippen LogP contribution in [0.3, 0.4) is 0 Å². The summed E-state index contributed by atoms with van der Waals surface area (Å²) in [5.41, 5.74) is 5.05. The van der Waals surface area contributed by atoms with Crippen molar-refractivity contribution in [3.05, 3.63) is 82.8 Å². The Balaban J connectivity index is 2.16. The zero-order valence-electron chi connectivity index (χ0n) is 13.5. The second-order valence-electron chi connectivity index (χ2n) is 5.50. The van der Waals surface area contributed by atoms with Crippen molar-refractivity contribution < 1.29 is 0 Å². The lowest BCUT2D eigenvalue weighted by atomic mass is 9.97. The number of hydrogen-bond donors (Lipinski definition) is 0. The van der Waals surface area contributed by atoms with E-state index in [1.54, 1.807) is 12.3 Å². The van der Waals surface area contributed by atoms with Gasteiger partial charge >= 0.3 is 0 Å². The first-order chi connectivity index (χ1) is 12.2. The van der Waals surface area contributed by atoms with Gasteiger partial charge in [-0.25, -0.2) is 4.85 Å². The molecule has 0 spiro atoms. The summed E-state index contributed by atoms with van der Waals surface area (Å²) in [7, 11) is 0. The molecule has 3 aromatic rings. The molecule has 4 heteroatoms. The molecule has 25 heavy (non-hydrogen) atoms. The van der Waals surface area contributed by atoms with Crippen LogP contribution in [0.1, 0.15) is 16.7 Å². The molecule has 0 N–H and O–H groups in total. The lowest BCUT2D eigenvalue weighted by Gasteiger charge is -2.10. The monoisotopic (exact) mass is 320 g/mol. The summed E-state index contributed by atoms with van der Waals surface area (Å²) in [5.74, 6) is 0. The zero-order valence-corrected chi connectivity index (χ0v) is 13.5. The predicted molar refractivity (Wildman–Crippen MR) is 95.5 cm³/mol. The van der Waals surface area contributed by atoms with E-state index in [2.05, 4.69) is 9.83 Å². The Labute approximate surface area is 146 Å². The smallest absolute Gasteiger partial charge is 0.197 e. The molecule has 0 amide bonds. The number of aromatic nitrogens is 1. The van der Waals surface area contributed by atoms with E-state index < -0.39 is 0 Å². The maximum absolute atomic E-state index is 9.23. The largest absolute Gasteiger partial charge is 0.257 e. The molecule has 1 heterocycles. The number of hydrogen-bond acceptors (Lipinski definition) is 3. The van der Waals surface area contributed by atoms with Crippen LogP contribution in [-0.2, 0) is 0 Å². The number of pyridine rings is 1. The van der Waals surface area contributed by atoms with Crippen molar-refractivity contribution in [1.82, 2.24) is 4.98 Å². The summed E-state index contributed by atoms with van der Waals surface area (Å²) in [5, 5.41) is 18.4.